The van der Waals surface area contributed by atoms with Crippen molar-refractivity contribution in [3.63, 3.8) is 0 Å². The summed E-state index contributed by atoms with van der Waals surface area (Å²) in [5.41, 5.74) is 2.06. The minimum absolute atomic E-state index is 0.0292. The van der Waals surface area contributed by atoms with Gasteiger partial charge in [-0.2, -0.15) is 0 Å². The molecule has 1 aromatic carbocycles. The van der Waals surface area contributed by atoms with E-state index in [0.717, 1.165) is 42.5 Å². The number of hydrogen-bond donors (Lipinski definition) is 2. The molecular formula is C19H26N2O4. The Bertz CT molecular complexity index is 719. The first-order valence-electron chi connectivity index (χ1n) is 8.79. The van der Waals surface area contributed by atoms with Crippen molar-refractivity contribution in [2.75, 3.05) is 19.6 Å². The number of hydrogen-bond acceptors (Lipinski definition) is 4. The summed E-state index contributed by atoms with van der Waals surface area (Å²) in [4.78, 5) is 28.1. The normalized spacial score (nSPS) is 11.2. The lowest BCUT2D eigenvalue weighted by molar-refractivity contribution is -0.137. The quantitative estimate of drug-likeness (QED) is 0.510. The van der Waals surface area contributed by atoms with Crippen LogP contribution in [0.5, 0.6) is 5.75 Å². The standard InChI is InChI=1S/C19H26N2O4/c1-3-21(4-2)12-11-14-13-20-15-7-5-8-16(19(14)15)25-18(24)10-6-9-17(22)23/h5,7-8,13,20H,3-4,6,9-12H2,1-2H3,(H,22,23). The molecule has 0 amide bonds. The molecule has 0 saturated heterocycles. The highest BCUT2D eigenvalue weighted by atomic mass is 16.5. The molecule has 0 unspecified atom stereocenters. The highest BCUT2D eigenvalue weighted by molar-refractivity contribution is 5.91. The van der Waals surface area contributed by atoms with Gasteiger partial charge in [0.25, 0.3) is 0 Å². The molecule has 2 N–H and O–H groups in total. The molecule has 0 fully saturated rings. The van der Waals surface area contributed by atoms with Crippen molar-refractivity contribution in [2.24, 2.45) is 0 Å². The van der Waals surface area contributed by atoms with Gasteiger partial charge in [0.1, 0.15) is 5.75 Å². The van der Waals surface area contributed by atoms with Crippen LogP contribution in [-0.4, -0.2) is 46.6 Å². The topological polar surface area (TPSA) is 82.6 Å². The van der Waals surface area contributed by atoms with E-state index < -0.39 is 11.9 Å². The number of rotatable bonds is 10. The van der Waals surface area contributed by atoms with Crippen molar-refractivity contribution >= 4 is 22.8 Å². The number of benzene rings is 1. The van der Waals surface area contributed by atoms with Gasteiger partial charge in [-0.3, -0.25) is 9.59 Å². The maximum atomic E-state index is 12.0. The van der Waals surface area contributed by atoms with Gasteiger partial charge in [0.2, 0.25) is 0 Å². The number of carbonyl (C=O) groups is 2. The van der Waals surface area contributed by atoms with Crippen LogP contribution in [0.2, 0.25) is 0 Å². The van der Waals surface area contributed by atoms with Crippen molar-refractivity contribution in [1.29, 1.82) is 0 Å². The number of aromatic amines is 1. The van der Waals surface area contributed by atoms with Crippen LogP contribution in [0.4, 0.5) is 0 Å². The maximum absolute atomic E-state index is 12.0. The molecule has 25 heavy (non-hydrogen) atoms. The number of aliphatic carboxylic acids is 1. The molecule has 1 heterocycles. The summed E-state index contributed by atoms with van der Waals surface area (Å²) in [5, 5.41) is 9.58. The van der Waals surface area contributed by atoms with Crippen LogP contribution in [0.15, 0.2) is 24.4 Å². The fraction of sp³-hybridized carbons (Fsp3) is 0.474. The molecular weight excluding hydrogens is 320 g/mol. The number of carbonyl (C=O) groups excluding carboxylic acids is 1. The minimum Gasteiger partial charge on any atom is -0.481 e. The van der Waals surface area contributed by atoms with Gasteiger partial charge in [-0.05, 0) is 43.6 Å². The van der Waals surface area contributed by atoms with Crippen molar-refractivity contribution in [3.05, 3.63) is 30.0 Å². The summed E-state index contributed by atoms with van der Waals surface area (Å²) < 4.78 is 5.50. The Kier molecular flexibility index (Phi) is 7.01. The number of nitrogens with one attached hydrogen (secondary N) is 1. The number of fused-ring (bicyclic) bond motifs is 1. The van der Waals surface area contributed by atoms with E-state index in [-0.39, 0.29) is 19.3 Å². The number of nitrogens with zero attached hydrogens (tertiary/aromatic N) is 1. The Morgan fingerprint density at radius 1 is 1.20 bits per heavy atom. The Hall–Kier alpha value is -2.34. The van der Waals surface area contributed by atoms with Crippen molar-refractivity contribution in [2.45, 2.75) is 39.5 Å². The van der Waals surface area contributed by atoms with E-state index in [9.17, 15) is 9.59 Å². The average molecular weight is 346 g/mol. The molecule has 0 bridgehead atoms. The summed E-state index contributed by atoms with van der Waals surface area (Å²) >= 11 is 0. The SMILES string of the molecule is CCN(CC)CCc1c[nH]c2cccc(OC(=O)CCCC(=O)O)c12. The van der Waals surface area contributed by atoms with Gasteiger partial charge in [-0.15, -0.1) is 0 Å². The van der Waals surface area contributed by atoms with E-state index in [1.165, 1.54) is 0 Å². The van der Waals surface area contributed by atoms with Crippen LogP contribution in [0.1, 0.15) is 38.7 Å². The molecule has 0 atom stereocenters. The van der Waals surface area contributed by atoms with Gasteiger partial charge in [-0.1, -0.05) is 19.9 Å². The third-order valence-corrected chi connectivity index (χ3v) is 4.34. The Morgan fingerprint density at radius 3 is 2.64 bits per heavy atom. The lowest BCUT2D eigenvalue weighted by Gasteiger charge is -2.17. The Labute approximate surface area is 147 Å². The maximum Gasteiger partial charge on any atom is 0.311 e. The average Bonchev–Trinajstić information content (AvgIpc) is 3.00. The first kappa shape index (κ1) is 19.0. The van der Waals surface area contributed by atoms with Crippen LogP contribution in [0.3, 0.4) is 0 Å². The summed E-state index contributed by atoms with van der Waals surface area (Å²) in [6.07, 6.45) is 3.19. The van der Waals surface area contributed by atoms with Gasteiger partial charge >= 0.3 is 11.9 Å². The molecule has 136 valence electrons. The van der Waals surface area contributed by atoms with E-state index in [0.29, 0.717) is 5.75 Å². The number of H-pyrrole nitrogens is 1. The van der Waals surface area contributed by atoms with E-state index in [1.807, 2.05) is 18.3 Å². The predicted molar refractivity (Wildman–Crippen MR) is 96.9 cm³/mol. The number of carboxylic acids is 1. The molecule has 6 nitrogen and oxygen atoms in total. The fourth-order valence-corrected chi connectivity index (χ4v) is 2.88. The van der Waals surface area contributed by atoms with Crippen LogP contribution in [-0.2, 0) is 16.0 Å². The third kappa shape index (κ3) is 5.32. The number of likely N-dealkylation sites (N-methyl/N-ethyl adjacent to an activating group) is 1. The Balaban J connectivity index is 2.10. The zero-order valence-corrected chi connectivity index (χ0v) is 14.9. The lowest BCUT2D eigenvalue weighted by atomic mass is 10.1. The molecule has 2 aromatic rings. The van der Waals surface area contributed by atoms with Crippen LogP contribution in [0, 0.1) is 0 Å². The van der Waals surface area contributed by atoms with E-state index in [2.05, 4.69) is 23.7 Å². The summed E-state index contributed by atoms with van der Waals surface area (Å²) in [5.74, 6) is -0.766. The highest BCUT2D eigenvalue weighted by Crippen LogP contribution is 2.29. The summed E-state index contributed by atoms with van der Waals surface area (Å²) in [6.45, 7) is 7.24. The number of esters is 1. The fourth-order valence-electron chi connectivity index (χ4n) is 2.88. The third-order valence-electron chi connectivity index (χ3n) is 4.34. The van der Waals surface area contributed by atoms with Gasteiger partial charge in [0.15, 0.2) is 0 Å². The number of ether oxygens (including phenoxy) is 1. The molecule has 2 rings (SSSR count). The van der Waals surface area contributed by atoms with Gasteiger partial charge in [-0.25, -0.2) is 0 Å². The Morgan fingerprint density at radius 2 is 1.96 bits per heavy atom. The first-order chi connectivity index (χ1) is 12.0. The number of aromatic nitrogens is 1. The van der Waals surface area contributed by atoms with Gasteiger partial charge in [0, 0.05) is 36.5 Å². The summed E-state index contributed by atoms with van der Waals surface area (Å²) in [7, 11) is 0. The monoisotopic (exact) mass is 346 g/mol. The van der Waals surface area contributed by atoms with Gasteiger partial charge < -0.3 is 19.7 Å². The first-order valence-corrected chi connectivity index (χ1v) is 8.79. The molecule has 0 aliphatic carbocycles. The predicted octanol–water partition coefficient (Wildman–Crippen LogP) is 3.21. The second-order valence-corrected chi connectivity index (χ2v) is 5.99. The van der Waals surface area contributed by atoms with Crippen molar-refractivity contribution < 1.29 is 19.4 Å². The smallest absolute Gasteiger partial charge is 0.311 e. The van der Waals surface area contributed by atoms with E-state index >= 15 is 0 Å². The second kappa shape index (κ2) is 9.22. The van der Waals surface area contributed by atoms with Crippen LogP contribution in [0.25, 0.3) is 10.9 Å². The molecule has 0 aliphatic heterocycles. The molecule has 0 spiro atoms. The minimum atomic E-state index is -0.903. The molecule has 0 aliphatic rings. The molecule has 1 aromatic heterocycles. The van der Waals surface area contributed by atoms with Crippen molar-refractivity contribution in [1.82, 2.24) is 9.88 Å². The van der Waals surface area contributed by atoms with Gasteiger partial charge in [0.05, 0.1) is 0 Å². The molecule has 0 radical (unpaired) electrons. The zero-order chi connectivity index (χ0) is 18.2. The highest BCUT2D eigenvalue weighted by Gasteiger charge is 2.14. The second-order valence-electron chi connectivity index (χ2n) is 5.99. The van der Waals surface area contributed by atoms with E-state index in [1.54, 1.807) is 6.07 Å². The number of carboxylic acid groups (broad SMARTS) is 1. The lowest BCUT2D eigenvalue weighted by Crippen LogP contribution is -2.25. The largest absolute Gasteiger partial charge is 0.481 e. The van der Waals surface area contributed by atoms with Crippen LogP contribution >= 0.6 is 0 Å². The van der Waals surface area contributed by atoms with Crippen molar-refractivity contribution in [3.8, 4) is 5.75 Å². The summed E-state index contributed by atoms with van der Waals surface area (Å²) in [6, 6.07) is 5.58. The van der Waals surface area contributed by atoms with Crippen LogP contribution < -0.4 is 4.74 Å². The molecule has 0 saturated carbocycles. The van der Waals surface area contributed by atoms with E-state index in [4.69, 9.17) is 9.84 Å². The molecule has 6 heteroatoms. The zero-order valence-electron chi connectivity index (χ0n) is 14.9.